The molecule has 0 aromatic heterocycles. The number of aliphatic hydroxyl groups excluding tert-OH is 1. The summed E-state index contributed by atoms with van der Waals surface area (Å²) in [4.78, 5) is 2.22. The number of ether oxygens (including phenoxy) is 1. The minimum absolute atomic E-state index is 0.0581. The van der Waals surface area contributed by atoms with Crippen molar-refractivity contribution in [1.82, 2.24) is 9.03 Å². The molecule has 0 amide bonds. The molecule has 7 nitrogen and oxygen atoms in total. The van der Waals surface area contributed by atoms with Gasteiger partial charge in [0.25, 0.3) is 10.2 Å². The van der Waals surface area contributed by atoms with Gasteiger partial charge in [-0.05, 0) is 17.7 Å². The smallest absolute Gasteiger partial charge is 0.279 e. The van der Waals surface area contributed by atoms with Gasteiger partial charge in [0, 0.05) is 39.4 Å². The van der Waals surface area contributed by atoms with Gasteiger partial charge in [0.05, 0.1) is 19.3 Å². The summed E-state index contributed by atoms with van der Waals surface area (Å²) >= 11 is 0. The maximum atomic E-state index is 11.6. The fourth-order valence-corrected chi connectivity index (χ4v) is 2.79. The third-order valence-corrected chi connectivity index (χ3v) is 5.09. The minimum Gasteiger partial charge on any atom is -0.387 e. The van der Waals surface area contributed by atoms with Crippen LogP contribution in [0.1, 0.15) is 11.7 Å². The molecule has 2 rings (SSSR count). The van der Waals surface area contributed by atoms with Gasteiger partial charge in [0.15, 0.2) is 0 Å². The Morgan fingerprint density at radius 2 is 1.86 bits per heavy atom. The zero-order chi connectivity index (χ0) is 16.2. The fraction of sp³-hybridized carbons (Fsp3) is 0.571. The summed E-state index contributed by atoms with van der Waals surface area (Å²) < 4.78 is 32.0. The molecule has 0 spiro atoms. The number of hydrogen-bond acceptors (Lipinski definition) is 5. The first kappa shape index (κ1) is 17.2. The van der Waals surface area contributed by atoms with E-state index in [-0.39, 0.29) is 6.54 Å². The number of aliphatic hydroxyl groups is 1. The van der Waals surface area contributed by atoms with Crippen LogP contribution in [0.15, 0.2) is 24.3 Å². The lowest BCUT2D eigenvalue weighted by Crippen LogP contribution is -2.38. The molecule has 1 aromatic rings. The third-order valence-electron chi connectivity index (χ3n) is 3.59. The third kappa shape index (κ3) is 4.40. The first-order valence-corrected chi connectivity index (χ1v) is 8.62. The summed E-state index contributed by atoms with van der Waals surface area (Å²) in [6, 6.07) is 7.51. The van der Waals surface area contributed by atoms with Gasteiger partial charge in [0.1, 0.15) is 0 Å². The lowest BCUT2D eigenvalue weighted by molar-refractivity contribution is 0.122. The average Bonchev–Trinajstić information content (AvgIpc) is 2.53. The van der Waals surface area contributed by atoms with Crippen LogP contribution in [0.3, 0.4) is 0 Å². The van der Waals surface area contributed by atoms with E-state index in [1.807, 2.05) is 24.3 Å². The Kier molecular flexibility index (Phi) is 5.76. The highest BCUT2D eigenvalue weighted by atomic mass is 32.2. The van der Waals surface area contributed by atoms with Crippen LogP contribution in [-0.4, -0.2) is 64.8 Å². The van der Waals surface area contributed by atoms with Crippen molar-refractivity contribution in [2.24, 2.45) is 0 Å². The molecule has 1 unspecified atom stereocenters. The zero-order valence-electron chi connectivity index (χ0n) is 12.9. The second-order valence-corrected chi connectivity index (χ2v) is 7.31. The molecule has 2 N–H and O–H groups in total. The second-order valence-electron chi connectivity index (χ2n) is 5.34. The summed E-state index contributed by atoms with van der Waals surface area (Å²) in [6.45, 7) is 3.08. The van der Waals surface area contributed by atoms with Crippen LogP contribution in [0.4, 0.5) is 5.69 Å². The molecule has 0 saturated carbocycles. The number of nitrogens with one attached hydrogen (secondary N) is 1. The quantitative estimate of drug-likeness (QED) is 0.765. The van der Waals surface area contributed by atoms with E-state index in [1.165, 1.54) is 14.1 Å². The van der Waals surface area contributed by atoms with E-state index in [0.717, 1.165) is 36.3 Å². The zero-order valence-corrected chi connectivity index (χ0v) is 13.7. The van der Waals surface area contributed by atoms with Crippen LogP contribution in [-0.2, 0) is 14.9 Å². The maximum absolute atomic E-state index is 11.6. The number of rotatable bonds is 6. The van der Waals surface area contributed by atoms with E-state index in [1.54, 1.807) is 0 Å². The van der Waals surface area contributed by atoms with Crippen LogP contribution >= 0.6 is 0 Å². The Morgan fingerprint density at radius 3 is 2.41 bits per heavy atom. The topological polar surface area (TPSA) is 82.1 Å². The molecule has 1 atom stereocenters. The molecule has 1 fully saturated rings. The maximum Gasteiger partial charge on any atom is 0.279 e. The van der Waals surface area contributed by atoms with E-state index < -0.39 is 16.3 Å². The molecule has 0 radical (unpaired) electrons. The Labute approximate surface area is 131 Å². The summed E-state index contributed by atoms with van der Waals surface area (Å²) in [5, 5.41) is 10.1. The van der Waals surface area contributed by atoms with Gasteiger partial charge in [-0.1, -0.05) is 12.1 Å². The van der Waals surface area contributed by atoms with Crippen LogP contribution in [0, 0.1) is 0 Å². The van der Waals surface area contributed by atoms with Gasteiger partial charge in [-0.25, -0.2) is 0 Å². The molecule has 0 bridgehead atoms. The van der Waals surface area contributed by atoms with Crippen molar-refractivity contribution in [3.8, 4) is 0 Å². The lowest BCUT2D eigenvalue weighted by Gasteiger charge is -2.29. The van der Waals surface area contributed by atoms with E-state index >= 15 is 0 Å². The normalized spacial score (nSPS) is 17.7. The van der Waals surface area contributed by atoms with Crippen LogP contribution in [0.5, 0.6) is 0 Å². The molecule has 1 aliphatic rings. The second kappa shape index (κ2) is 7.38. The lowest BCUT2D eigenvalue weighted by atomic mass is 10.1. The minimum atomic E-state index is -3.53. The van der Waals surface area contributed by atoms with Crippen molar-refractivity contribution in [2.45, 2.75) is 6.10 Å². The largest absolute Gasteiger partial charge is 0.387 e. The van der Waals surface area contributed by atoms with E-state index in [0.29, 0.717) is 5.56 Å². The van der Waals surface area contributed by atoms with Crippen LogP contribution in [0.2, 0.25) is 0 Å². The van der Waals surface area contributed by atoms with Crippen molar-refractivity contribution < 1.29 is 18.3 Å². The van der Waals surface area contributed by atoms with Crippen LogP contribution in [0.25, 0.3) is 0 Å². The highest BCUT2D eigenvalue weighted by Gasteiger charge is 2.17. The Morgan fingerprint density at radius 1 is 1.27 bits per heavy atom. The molecule has 124 valence electrons. The molecule has 22 heavy (non-hydrogen) atoms. The standard InChI is InChI=1S/C14H23N3O4S/c1-16(2)22(19,20)15-11-14(18)12-3-5-13(6-4-12)17-7-9-21-10-8-17/h3-6,14-15,18H,7-11H2,1-2H3. The Hall–Kier alpha value is -1.19. The number of hydrogen-bond donors (Lipinski definition) is 2. The van der Waals surface area contributed by atoms with Gasteiger partial charge in [-0.15, -0.1) is 0 Å². The first-order chi connectivity index (χ1) is 10.4. The number of morpholine rings is 1. The van der Waals surface area contributed by atoms with Gasteiger partial charge < -0.3 is 14.7 Å². The van der Waals surface area contributed by atoms with Crippen molar-refractivity contribution in [1.29, 1.82) is 0 Å². The van der Waals surface area contributed by atoms with Crippen LogP contribution < -0.4 is 9.62 Å². The number of nitrogens with zero attached hydrogens (tertiary/aromatic N) is 2. The van der Waals surface area contributed by atoms with Gasteiger partial charge in [-0.3, -0.25) is 0 Å². The molecule has 1 aromatic carbocycles. The summed E-state index contributed by atoms with van der Waals surface area (Å²) in [5.41, 5.74) is 1.76. The van der Waals surface area contributed by atoms with Crippen molar-refractivity contribution in [2.75, 3.05) is 51.8 Å². The molecular formula is C14H23N3O4S. The summed E-state index contributed by atoms with van der Waals surface area (Å²) in [6.07, 6.45) is -0.881. The van der Waals surface area contributed by atoms with E-state index in [4.69, 9.17) is 4.74 Å². The highest BCUT2D eigenvalue weighted by molar-refractivity contribution is 7.87. The molecule has 1 aliphatic heterocycles. The Bertz CT molecular complexity index is 568. The van der Waals surface area contributed by atoms with E-state index in [9.17, 15) is 13.5 Å². The van der Waals surface area contributed by atoms with Gasteiger partial charge in [0.2, 0.25) is 0 Å². The molecule has 8 heteroatoms. The predicted molar refractivity (Wildman–Crippen MR) is 85.0 cm³/mol. The van der Waals surface area contributed by atoms with E-state index in [2.05, 4.69) is 9.62 Å². The molecule has 1 heterocycles. The first-order valence-electron chi connectivity index (χ1n) is 7.18. The fourth-order valence-electron chi connectivity index (χ4n) is 2.16. The van der Waals surface area contributed by atoms with Gasteiger partial charge in [-0.2, -0.15) is 17.4 Å². The van der Waals surface area contributed by atoms with Gasteiger partial charge >= 0.3 is 0 Å². The van der Waals surface area contributed by atoms with Crippen molar-refractivity contribution in [3.63, 3.8) is 0 Å². The Balaban J connectivity index is 1.94. The number of anilines is 1. The average molecular weight is 329 g/mol. The van der Waals surface area contributed by atoms with Crippen molar-refractivity contribution in [3.05, 3.63) is 29.8 Å². The molecule has 0 aliphatic carbocycles. The molecular weight excluding hydrogens is 306 g/mol. The highest BCUT2D eigenvalue weighted by Crippen LogP contribution is 2.20. The SMILES string of the molecule is CN(C)S(=O)(=O)NCC(O)c1ccc(N2CCOCC2)cc1. The molecule has 1 saturated heterocycles. The monoisotopic (exact) mass is 329 g/mol. The summed E-state index contributed by atoms with van der Waals surface area (Å²) in [5.74, 6) is 0. The number of benzene rings is 1. The van der Waals surface area contributed by atoms with Crippen molar-refractivity contribution >= 4 is 15.9 Å². The summed E-state index contributed by atoms with van der Waals surface area (Å²) in [7, 11) is -0.653. The predicted octanol–water partition coefficient (Wildman–Crippen LogP) is -0.0474.